The van der Waals surface area contributed by atoms with Crippen LogP contribution in [-0.2, 0) is 0 Å². The highest BCUT2D eigenvalue weighted by molar-refractivity contribution is 7.99. The third-order valence-electron chi connectivity index (χ3n) is 2.40. The van der Waals surface area contributed by atoms with E-state index in [1.165, 1.54) is 12.4 Å². The maximum Gasteiger partial charge on any atom is 0.356 e. The molecule has 0 aliphatic carbocycles. The van der Waals surface area contributed by atoms with E-state index in [0.717, 1.165) is 10.5 Å². The van der Waals surface area contributed by atoms with Crippen LogP contribution >= 0.6 is 11.8 Å². The number of aromatic carboxylic acids is 1. The second kappa shape index (κ2) is 5.84. The predicted octanol–water partition coefficient (Wildman–Crippen LogP) is 3.34. The van der Waals surface area contributed by atoms with Gasteiger partial charge in [0.25, 0.3) is 0 Å². The summed E-state index contributed by atoms with van der Waals surface area (Å²) < 4.78 is 0. The monoisotopic (exact) mass is 274 g/mol. The number of carboxylic acid groups (broad SMARTS) is 1. The third-order valence-corrected chi connectivity index (χ3v) is 3.42. The van der Waals surface area contributed by atoms with E-state index in [9.17, 15) is 4.79 Å². The van der Waals surface area contributed by atoms with Crippen molar-refractivity contribution in [3.05, 3.63) is 42.4 Å². The lowest BCUT2D eigenvalue weighted by Crippen LogP contribution is -2.04. The molecule has 0 saturated carbocycles. The first-order valence-corrected chi connectivity index (χ1v) is 6.77. The zero-order chi connectivity index (χ0) is 13.8. The van der Waals surface area contributed by atoms with Gasteiger partial charge in [-0.05, 0) is 12.1 Å². The predicted molar refractivity (Wildman–Crippen MR) is 75.4 cm³/mol. The van der Waals surface area contributed by atoms with Gasteiger partial charge in [-0.25, -0.2) is 9.78 Å². The van der Waals surface area contributed by atoms with Crippen molar-refractivity contribution >= 4 is 17.7 Å². The van der Waals surface area contributed by atoms with Gasteiger partial charge in [-0.3, -0.25) is 4.98 Å². The van der Waals surface area contributed by atoms with Gasteiger partial charge >= 0.3 is 5.97 Å². The smallest absolute Gasteiger partial charge is 0.356 e. The summed E-state index contributed by atoms with van der Waals surface area (Å²) in [5.74, 6) is -1.07. The standard InChI is InChI=1S/C14H14N2O2S/c1-9(2)19-11-5-3-10(4-6-11)12-13(14(17)18)16-8-7-15-12/h3-9H,1-2H3,(H,17,18). The van der Waals surface area contributed by atoms with Crippen LogP contribution in [0.25, 0.3) is 11.3 Å². The molecule has 19 heavy (non-hydrogen) atoms. The number of benzene rings is 1. The molecule has 1 N–H and O–H groups in total. The van der Waals surface area contributed by atoms with E-state index in [2.05, 4.69) is 23.8 Å². The molecule has 98 valence electrons. The second-order valence-electron chi connectivity index (χ2n) is 4.25. The molecule has 0 radical (unpaired) electrons. The normalized spacial score (nSPS) is 10.7. The lowest BCUT2D eigenvalue weighted by molar-refractivity contribution is 0.0691. The zero-order valence-electron chi connectivity index (χ0n) is 10.7. The topological polar surface area (TPSA) is 63.1 Å². The van der Waals surface area contributed by atoms with Crippen LogP contribution in [0.2, 0.25) is 0 Å². The lowest BCUT2D eigenvalue weighted by atomic mass is 10.1. The van der Waals surface area contributed by atoms with Crippen molar-refractivity contribution in [2.24, 2.45) is 0 Å². The number of hydrogen-bond donors (Lipinski definition) is 1. The number of nitrogens with zero attached hydrogens (tertiary/aromatic N) is 2. The first kappa shape index (κ1) is 13.5. The van der Waals surface area contributed by atoms with Gasteiger partial charge in [0.1, 0.15) is 5.69 Å². The number of aromatic nitrogens is 2. The molecule has 0 spiro atoms. The maximum absolute atomic E-state index is 11.1. The minimum Gasteiger partial charge on any atom is -0.476 e. The molecule has 0 saturated heterocycles. The van der Waals surface area contributed by atoms with Crippen LogP contribution in [0.5, 0.6) is 0 Å². The molecule has 2 aromatic rings. The first-order valence-electron chi connectivity index (χ1n) is 5.89. The SMILES string of the molecule is CC(C)Sc1ccc(-c2nccnc2C(=O)O)cc1. The quantitative estimate of drug-likeness (QED) is 0.866. The molecule has 4 nitrogen and oxygen atoms in total. The number of rotatable bonds is 4. The summed E-state index contributed by atoms with van der Waals surface area (Å²) in [6, 6.07) is 7.70. The number of carbonyl (C=O) groups is 1. The average molecular weight is 274 g/mol. The Labute approximate surface area is 115 Å². The van der Waals surface area contributed by atoms with Crippen LogP contribution in [0.4, 0.5) is 0 Å². The molecule has 0 unspecified atom stereocenters. The number of thioether (sulfide) groups is 1. The van der Waals surface area contributed by atoms with Gasteiger partial charge < -0.3 is 5.11 Å². The van der Waals surface area contributed by atoms with Gasteiger partial charge in [0, 0.05) is 28.1 Å². The van der Waals surface area contributed by atoms with Crippen LogP contribution in [0.1, 0.15) is 24.3 Å². The van der Waals surface area contributed by atoms with Gasteiger partial charge in [0.2, 0.25) is 0 Å². The van der Waals surface area contributed by atoms with Crippen LogP contribution in [0.15, 0.2) is 41.6 Å². The fourth-order valence-corrected chi connectivity index (χ4v) is 2.51. The molecule has 1 heterocycles. The summed E-state index contributed by atoms with van der Waals surface area (Å²) in [7, 11) is 0. The van der Waals surface area contributed by atoms with Gasteiger partial charge in [-0.1, -0.05) is 26.0 Å². The minimum atomic E-state index is -1.07. The fourth-order valence-electron chi connectivity index (χ4n) is 1.67. The minimum absolute atomic E-state index is 0.0215. The summed E-state index contributed by atoms with van der Waals surface area (Å²) in [6.45, 7) is 4.26. The molecular formula is C14H14N2O2S. The van der Waals surface area contributed by atoms with E-state index < -0.39 is 5.97 Å². The van der Waals surface area contributed by atoms with Crippen LogP contribution < -0.4 is 0 Å². The van der Waals surface area contributed by atoms with Crippen molar-refractivity contribution in [2.75, 3.05) is 0 Å². The van der Waals surface area contributed by atoms with Crippen molar-refractivity contribution in [2.45, 2.75) is 24.0 Å². The maximum atomic E-state index is 11.1. The van der Waals surface area contributed by atoms with Gasteiger partial charge in [-0.15, -0.1) is 11.8 Å². The Morgan fingerprint density at radius 2 is 1.79 bits per heavy atom. The van der Waals surface area contributed by atoms with Gasteiger partial charge in [0.05, 0.1) is 0 Å². The Morgan fingerprint density at radius 3 is 2.37 bits per heavy atom. The number of hydrogen-bond acceptors (Lipinski definition) is 4. The summed E-state index contributed by atoms with van der Waals surface area (Å²) in [5.41, 5.74) is 1.14. The van der Waals surface area contributed by atoms with E-state index in [0.29, 0.717) is 10.9 Å². The highest BCUT2D eigenvalue weighted by Crippen LogP contribution is 2.26. The first-order chi connectivity index (χ1) is 9.08. The Morgan fingerprint density at radius 1 is 1.16 bits per heavy atom. The summed E-state index contributed by atoms with van der Waals surface area (Å²) >= 11 is 1.76. The third kappa shape index (κ3) is 3.32. The highest BCUT2D eigenvalue weighted by atomic mass is 32.2. The lowest BCUT2D eigenvalue weighted by Gasteiger charge is -2.07. The van der Waals surface area contributed by atoms with E-state index >= 15 is 0 Å². The zero-order valence-corrected chi connectivity index (χ0v) is 11.5. The highest BCUT2D eigenvalue weighted by Gasteiger charge is 2.14. The van der Waals surface area contributed by atoms with Gasteiger partial charge in [0.15, 0.2) is 5.69 Å². The van der Waals surface area contributed by atoms with Crippen molar-refractivity contribution in [3.63, 3.8) is 0 Å². The second-order valence-corrected chi connectivity index (χ2v) is 5.90. The molecule has 1 aromatic carbocycles. The van der Waals surface area contributed by atoms with E-state index in [1.54, 1.807) is 11.8 Å². The molecule has 0 atom stereocenters. The molecule has 0 bridgehead atoms. The summed E-state index contributed by atoms with van der Waals surface area (Å²) in [4.78, 5) is 20.2. The molecule has 1 aromatic heterocycles. The van der Waals surface area contributed by atoms with Crippen LogP contribution in [0.3, 0.4) is 0 Å². The van der Waals surface area contributed by atoms with Crippen molar-refractivity contribution in [3.8, 4) is 11.3 Å². The Bertz CT molecular complexity index is 582. The Kier molecular flexibility index (Phi) is 4.16. The van der Waals surface area contributed by atoms with Gasteiger partial charge in [-0.2, -0.15) is 0 Å². The molecule has 5 heteroatoms. The van der Waals surface area contributed by atoms with Crippen LogP contribution in [-0.4, -0.2) is 26.3 Å². The summed E-state index contributed by atoms with van der Waals surface area (Å²) in [5, 5.41) is 9.60. The average Bonchev–Trinajstić information content (AvgIpc) is 2.39. The molecule has 0 aliphatic heterocycles. The molecule has 0 aliphatic rings. The largest absolute Gasteiger partial charge is 0.476 e. The molecular weight excluding hydrogens is 260 g/mol. The molecule has 2 rings (SSSR count). The van der Waals surface area contributed by atoms with E-state index in [-0.39, 0.29) is 5.69 Å². The van der Waals surface area contributed by atoms with Crippen molar-refractivity contribution < 1.29 is 9.90 Å². The number of carboxylic acids is 1. The van der Waals surface area contributed by atoms with E-state index in [1.807, 2.05) is 24.3 Å². The Balaban J connectivity index is 2.35. The van der Waals surface area contributed by atoms with Crippen LogP contribution in [0, 0.1) is 0 Å². The van der Waals surface area contributed by atoms with Crippen molar-refractivity contribution in [1.82, 2.24) is 9.97 Å². The molecule has 0 fully saturated rings. The summed E-state index contributed by atoms with van der Waals surface area (Å²) in [6.07, 6.45) is 2.88. The fraction of sp³-hybridized carbons (Fsp3) is 0.214. The van der Waals surface area contributed by atoms with Crippen molar-refractivity contribution in [1.29, 1.82) is 0 Å². The Hall–Kier alpha value is -1.88. The molecule has 0 amide bonds. The van der Waals surface area contributed by atoms with E-state index in [4.69, 9.17) is 5.11 Å².